The summed E-state index contributed by atoms with van der Waals surface area (Å²) in [4.78, 5) is 16.1. The highest BCUT2D eigenvalue weighted by molar-refractivity contribution is 5.86. The lowest BCUT2D eigenvalue weighted by atomic mass is 10.0. The highest BCUT2D eigenvalue weighted by Crippen LogP contribution is 2.33. The normalized spacial score (nSPS) is 15.2. The third-order valence-corrected chi connectivity index (χ3v) is 5.12. The Morgan fingerprint density at radius 1 is 1.34 bits per heavy atom. The molecule has 2 heterocycles. The molecule has 8 nitrogen and oxygen atoms in total. The molecule has 1 atom stereocenters. The Labute approximate surface area is 171 Å². The average molecular weight is 396 g/mol. The smallest absolute Gasteiger partial charge is 0.240 e. The van der Waals surface area contributed by atoms with E-state index in [1.54, 1.807) is 4.90 Å². The molecule has 3 N–H and O–H groups in total. The van der Waals surface area contributed by atoms with Crippen molar-refractivity contribution in [1.82, 2.24) is 10.5 Å². The van der Waals surface area contributed by atoms with Crippen LogP contribution in [-0.4, -0.2) is 49.8 Å². The zero-order valence-corrected chi connectivity index (χ0v) is 17.0. The molecule has 1 fully saturated rings. The molecule has 154 valence electrons. The maximum atomic E-state index is 12.1. The van der Waals surface area contributed by atoms with Crippen LogP contribution < -0.4 is 20.9 Å². The van der Waals surface area contributed by atoms with Crippen LogP contribution in [0.25, 0.3) is 11.3 Å². The molecule has 1 aromatic carbocycles. The summed E-state index contributed by atoms with van der Waals surface area (Å²) in [5.41, 5.74) is 8.88. The predicted molar refractivity (Wildman–Crippen MR) is 112 cm³/mol. The molecule has 8 heteroatoms. The van der Waals surface area contributed by atoms with E-state index in [9.17, 15) is 10.1 Å². The standard InChI is InChI=1S/C21H28N6O2/c1-15(2)13-18(21(23)28)27(10-7-22)19-14-29-25-20(19)16-3-5-17(6-4-16)26-11-8-24-9-12-26/h3-6,14-15,18,24H,8-13H2,1-2H3,(H2,23,28)/t18-/m0/s1. The maximum absolute atomic E-state index is 12.1. The molecular formula is C21H28N6O2. The lowest BCUT2D eigenvalue weighted by Crippen LogP contribution is -2.46. The van der Waals surface area contributed by atoms with E-state index in [0.29, 0.717) is 17.8 Å². The number of aromatic nitrogens is 1. The number of primary amides is 1. The van der Waals surface area contributed by atoms with E-state index >= 15 is 0 Å². The fraction of sp³-hybridized carbons (Fsp3) is 0.476. The van der Waals surface area contributed by atoms with Crippen LogP contribution in [0.5, 0.6) is 0 Å². The molecule has 2 aromatic rings. The zero-order chi connectivity index (χ0) is 20.8. The molecule has 1 saturated heterocycles. The van der Waals surface area contributed by atoms with Crippen molar-refractivity contribution in [2.24, 2.45) is 11.7 Å². The van der Waals surface area contributed by atoms with Crippen molar-refractivity contribution < 1.29 is 9.32 Å². The number of nitrogens with zero attached hydrogens (tertiary/aromatic N) is 4. The summed E-state index contributed by atoms with van der Waals surface area (Å²) in [6.45, 7) is 7.95. The van der Waals surface area contributed by atoms with E-state index in [-0.39, 0.29) is 12.5 Å². The fourth-order valence-electron chi connectivity index (χ4n) is 3.67. The van der Waals surface area contributed by atoms with Crippen molar-refractivity contribution in [2.45, 2.75) is 26.3 Å². The Bertz CT molecular complexity index is 849. The molecule has 0 aliphatic carbocycles. The third-order valence-electron chi connectivity index (χ3n) is 5.12. The molecule has 0 unspecified atom stereocenters. The van der Waals surface area contributed by atoms with E-state index in [2.05, 4.69) is 33.6 Å². The summed E-state index contributed by atoms with van der Waals surface area (Å²) < 4.78 is 5.24. The molecular weight excluding hydrogens is 368 g/mol. The maximum Gasteiger partial charge on any atom is 0.240 e. The van der Waals surface area contributed by atoms with Gasteiger partial charge < -0.3 is 25.4 Å². The van der Waals surface area contributed by atoms with Gasteiger partial charge in [-0.15, -0.1) is 0 Å². The molecule has 3 rings (SSSR count). The van der Waals surface area contributed by atoms with Gasteiger partial charge in [-0.3, -0.25) is 4.79 Å². The van der Waals surface area contributed by atoms with Crippen LogP contribution in [0.1, 0.15) is 20.3 Å². The van der Waals surface area contributed by atoms with Gasteiger partial charge in [0.1, 0.15) is 30.2 Å². The molecule has 1 amide bonds. The van der Waals surface area contributed by atoms with Gasteiger partial charge in [-0.1, -0.05) is 31.1 Å². The topological polar surface area (TPSA) is 111 Å². The van der Waals surface area contributed by atoms with Crippen LogP contribution >= 0.6 is 0 Å². The number of rotatable bonds is 8. The van der Waals surface area contributed by atoms with Gasteiger partial charge in [0.15, 0.2) is 0 Å². The first-order valence-electron chi connectivity index (χ1n) is 9.94. The Morgan fingerprint density at radius 2 is 2.03 bits per heavy atom. The first-order valence-corrected chi connectivity index (χ1v) is 9.94. The minimum absolute atomic E-state index is 0.0212. The number of piperazine rings is 1. The number of amides is 1. The van der Waals surface area contributed by atoms with E-state index in [1.807, 2.05) is 26.0 Å². The summed E-state index contributed by atoms with van der Waals surface area (Å²) in [6, 6.07) is 9.64. The summed E-state index contributed by atoms with van der Waals surface area (Å²) in [7, 11) is 0. The summed E-state index contributed by atoms with van der Waals surface area (Å²) in [5, 5.41) is 16.8. The monoisotopic (exact) mass is 396 g/mol. The number of nitrogens with two attached hydrogens (primary N) is 1. The SMILES string of the molecule is CC(C)C[C@@H](C(N)=O)N(CC#N)c1conc1-c1ccc(N2CCNCC2)cc1. The second kappa shape index (κ2) is 9.43. The fourth-order valence-corrected chi connectivity index (χ4v) is 3.67. The quantitative estimate of drug-likeness (QED) is 0.656. The summed E-state index contributed by atoms with van der Waals surface area (Å²) in [5.74, 6) is -0.217. The van der Waals surface area contributed by atoms with Crippen LogP contribution in [0.15, 0.2) is 35.1 Å². The molecule has 1 aromatic heterocycles. The number of hydrogen-bond donors (Lipinski definition) is 2. The van der Waals surface area contributed by atoms with Gasteiger partial charge >= 0.3 is 0 Å². The molecule has 1 aliphatic rings. The summed E-state index contributed by atoms with van der Waals surface area (Å²) >= 11 is 0. The molecule has 0 spiro atoms. The van der Waals surface area contributed by atoms with Gasteiger partial charge in [0.2, 0.25) is 5.91 Å². The molecule has 1 aliphatic heterocycles. The van der Waals surface area contributed by atoms with Crippen molar-refractivity contribution in [2.75, 3.05) is 42.5 Å². The van der Waals surface area contributed by atoms with Crippen LogP contribution in [0.2, 0.25) is 0 Å². The second-order valence-corrected chi connectivity index (χ2v) is 7.67. The van der Waals surface area contributed by atoms with Crippen molar-refractivity contribution >= 4 is 17.3 Å². The van der Waals surface area contributed by atoms with E-state index in [0.717, 1.165) is 37.4 Å². The Kier molecular flexibility index (Phi) is 6.73. The van der Waals surface area contributed by atoms with E-state index < -0.39 is 11.9 Å². The van der Waals surface area contributed by atoms with Gasteiger partial charge in [-0.25, -0.2) is 0 Å². The number of anilines is 2. The molecule has 0 bridgehead atoms. The highest BCUT2D eigenvalue weighted by Gasteiger charge is 2.29. The second-order valence-electron chi connectivity index (χ2n) is 7.67. The number of hydrogen-bond acceptors (Lipinski definition) is 7. The first-order chi connectivity index (χ1) is 14.0. The number of carbonyl (C=O) groups is 1. The largest absolute Gasteiger partial charge is 0.369 e. The first kappa shape index (κ1) is 20.7. The lowest BCUT2D eigenvalue weighted by molar-refractivity contribution is -0.119. The van der Waals surface area contributed by atoms with Gasteiger partial charge in [0, 0.05) is 37.4 Å². The van der Waals surface area contributed by atoms with E-state index in [1.165, 1.54) is 6.26 Å². The summed E-state index contributed by atoms with van der Waals surface area (Å²) in [6.07, 6.45) is 2.02. The number of benzene rings is 1. The molecule has 0 saturated carbocycles. The van der Waals surface area contributed by atoms with Crippen molar-refractivity contribution in [1.29, 1.82) is 5.26 Å². The van der Waals surface area contributed by atoms with Crippen molar-refractivity contribution in [3.8, 4) is 17.3 Å². The van der Waals surface area contributed by atoms with Crippen LogP contribution in [0.3, 0.4) is 0 Å². The molecule has 29 heavy (non-hydrogen) atoms. The number of nitrogens with one attached hydrogen (secondary N) is 1. The minimum Gasteiger partial charge on any atom is -0.369 e. The number of nitriles is 1. The third kappa shape index (κ3) is 4.87. The molecule has 0 radical (unpaired) electrons. The average Bonchev–Trinajstić information content (AvgIpc) is 3.20. The van der Waals surface area contributed by atoms with Crippen molar-refractivity contribution in [3.05, 3.63) is 30.5 Å². The minimum atomic E-state index is -0.604. The van der Waals surface area contributed by atoms with Crippen LogP contribution in [0.4, 0.5) is 11.4 Å². The Balaban J connectivity index is 1.89. The Hall–Kier alpha value is -3.05. The van der Waals surface area contributed by atoms with Crippen LogP contribution in [0, 0.1) is 17.2 Å². The van der Waals surface area contributed by atoms with Crippen molar-refractivity contribution in [3.63, 3.8) is 0 Å². The van der Waals surface area contributed by atoms with Gasteiger partial charge in [0.25, 0.3) is 0 Å². The predicted octanol–water partition coefficient (Wildman–Crippen LogP) is 1.98. The van der Waals surface area contributed by atoms with E-state index in [4.69, 9.17) is 10.3 Å². The van der Waals surface area contributed by atoms with Crippen LogP contribution in [-0.2, 0) is 4.79 Å². The van der Waals surface area contributed by atoms with Gasteiger partial charge in [-0.05, 0) is 24.5 Å². The van der Waals surface area contributed by atoms with Gasteiger partial charge in [-0.2, -0.15) is 5.26 Å². The zero-order valence-electron chi connectivity index (χ0n) is 17.0. The lowest BCUT2D eigenvalue weighted by Gasteiger charge is -2.30. The van der Waals surface area contributed by atoms with Gasteiger partial charge in [0.05, 0.1) is 6.07 Å². The Morgan fingerprint density at radius 3 is 2.62 bits per heavy atom. The number of carbonyl (C=O) groups excluding carboxylic acids is 1. The highest BCUT2D eigenvalue weighted by atomic mass is 16.5.